The Hall–Kier alpha value is -1.64. The van der Waals surface area contributed by atoms with Gasteiger partial charge in [-0.15, -0.1) is 0 Å². The van der Waals surface area contributed by atoms with Gasteiger partial charge < -0.3 is 9.26 Å². The summed E-state index contributed by atoms with van der Waals surface area (Å²) in [6.45, 7) is 0.894. The van der Waals surface area contributed by atoms with Gasteiger partial charge in [-0.1, -0.05) is 16.8 Å². The molecule has 0 bridgehead atoms. The molecule has 2 fully saturated rings. The van der Waals surface area contributed by atoms with Crippen LogP contribution in [0.25, 0.3) is 0 Å². The monoisotopic (exact) mass is 411 g/mol. The fourth-order valence-electron chi connectivity index (χ4n) is 3.51. The van der Waals surface area contributed by atoms with Crippen LogP contribution in [0.15, 0.2) is 27.6 Å². The van der Waals surface area contributed by atoms with Crippen molar-refractivity contribution >= 4 is 21.6 Å². The van der Waals surface area contributed by atoms with Crippen LogP contribution in [0.3, 0.4) is 0 Å². The van der Waals surface area contributed by atoms with Crippen molar-refractivity contribution in [1.29, 1.82) is 0 Å². The number of sulfonamides is 1. The SMILES string of the molecule is COc1ccc(Cl)cc1S(=O)(=O)N1CCCC(Cc2nc(C3CC3)no2)C1. The molecule has 9 heteroatoms. The molecule has 4 rings (SSSR count). The Morgan fingerprint density at radius 3 is 2.89 bits per heavy atom. The van der Waals surface area contributed by atoms with Crippen LogP contribution < -0.4 is 4.74 Å². The molecule has 7 nitrogen and oxygen atoms in total. The summed E-state index contributed by atoms with van der Waals surface area (Å²) >= 11 is 6.02. The summed E-state index contributed by atoms with van der Waals surface area (Å²) in [6, 6.07) is 4.64. The molecule has 1 unspecified atom stereocenters. The molecule has 27 heavy (non-hydrogen) atoms. The van der Waals surface area contributed by atoms with Crippen molar-refractivity contribution in [3.05, 3.63) is 34.9 Å². The van der Waals surface area contributed by atoms with E-state index in [0.717, 1.165) is 31.5 Å². The molecule has 0 radical (unpaired) electrons. The zero-order chi connectivity index (χ0) is 19.0. The first kappa shape index (κ1) is 18.7. The van der Waals surface area contributed by atoms with E-state index in [4.69, 9.17) is 20.9 Å². The van der Waals surface area contributed by atoms with E-state index >= 15 is 0 Å². The Morgan fingerprint density at radius 1 is 1.33 bits per heavy atom. The molecule has 2 aromatic rings. The number of nitrogens with zero attached hydrogens (tertiary/aromatic N) is 3. The number of piperidine rings is 1. The van der Waals surface area contributed by atoms with Crippen LogP contribution in [-0.2, 0) is 16.4 Å². The Kier molecular flexibility index (Phi) is 5.13. The number of aromatic nitrogens is 2. The molecule has 1 atom stereocenters. The largest absolute Gasteiger partial charge is 0.495 e. The Morgan fingerprint density at radius 2 is 2.15 bits per heavy atom. The van der Waals surface area contributed by atoms with Crippen LogP contribution in [0.4, 0.5) is 0 Å². The van der Waals surface area contributed by atoms with Crippen LogP contribution in [0.1, 0.15) is 43.3 Å². The smallest absolute Gasteiger partial charge is 0.246 e. The van der Waals surface area contributed by atoms with E-state index in [9.17, 15) is 8.42 Å². The lowest BCUT2D eigenvalue weighted by Crippen LogP contribution is -2.40. The van der Waals surface area contributed by atoms with E-state index in [0.29, 0.717) is 42.1 Å². The maximum Gasteiger partial charge on any atom is 0.246 e. The number of methoxy groups -OCH3 is 1. The van der Waals surface area contributed by atoms with Gasteiger partial charge in [0.2, 0.25) is 15.9 Å². The highest BCUT2D eigenvalue weighted by Gasteiger charge is 2.34. The van der Waals surface area contributed by atoms with Gasteiger partial charge in [0.15, 0.2) is 5.82 Å². The van der Waals surface area contributed by atoms with E-state index in [1.807, 2.05) is 0 Å². The quantitative estimate of drug-likeness (QED) is 0.725. The average Bonchev–Trinajstić information content (AvgIpc) is 3.41. The third kappa shape index (κ3) is 3.97. The molecule has 2 heterocycles. The minimum Gasteiger partial charge on any atom is -0.495 e. The Bertz CT molecular complexity index is 926. The fourth-order valence-corrected chi connectivity index (χ4v) is 5.48. The molecule has 0 amide bonds. The predicted molar refractivity (Wildman–Crippen MR) is 99.5 cm³/mol. The number of ether oxygens (including phenoxy) is 1. The first-order valence-electron chi connectivity index (χ1n) is 9.13. The third-order valence-electron chi connectivity index (χ3n) is 5.11. The standard InChI is InChI=1S/C18H22ClN3O4S/c1-25-15-7-6-14(19)10-16(15)27(23,24)22-8-2-3-12(11-22)9-17-20-18(21-26-17)13-4-5-13/h6-7,10,12-13H,2-5,8-9,11H2,1H3. The number of halogens is 1. The number of rotatable bonds is 6. The molecular weight excluding hydrogens is 390 g/mol. The van der Waals surface area contributed by atoms with Crippen LogP contribution in [0.2, 0.25) is 5.02 Å². The lowest BCUT2D eigenvalue weighted by molar-refractivity contribution is 0.246. The van der Waals surface area contributed by atoms with Crippen molar-refractivity contribution in [2.75, 3.05) is 20.2 Å². The van der Waals surface area contributed by atoms with E-state index < -0.39 is 10.0 Å². The summed E-state index contributed by atoms with van der Waals surface area (Å²) < 4.78 is 38.4. The maximum atomic E-state index is 13.2. The summed E-state index contributed by atoms with van der Waals surface area (Å²) in [6.07, 6.45) is 4.56. The topological polar surface area (TPSA) is 85.5 Å². The second kappa shape index (κ2) is 7.41. The number of hydrogen-bond donors (Lipinski definition) is 0. The minimum atomic E-state index is -3.69. The first-order valence-corrected chi connectivity index (χ1v) is 11.0. The van der Waals surface area contributed by atoms with Gasteiger partial charge in [-0.3, -0.25) is 0 Å². The summed E-state index contributed by atoms with van der Waals surface area (Å²) in [4.78, 5) is 4.57. The Balaban J connectivity index is 1.50. The Labute approximate surface area is 163 Å². The van der Waals surface area contributed by atoms with E-state index in [2.05, 4.69) is 10.1 Å². The maximum absolute atomic E-state index is 13.2. The van der Waals surface area contributed by atoms with E-state index in [-0.39, 0.29) is 10.8 Å². The molecule has 0 spiro atoms. The molecular formula is C18H22ClN3O4S. The molecule has 0 N–H and O–H groups in total. The van der Waals surface area contributed by atoms with Crippen molar-refractivity contribution in [2.45, 2.75) is 42.9 Å². The third-order valence-corrected chi connectivity index (χ3v) is 7.24. The second-order valence-electron chi connectivity index (χ2n) is 7.19. The van der Waals surface area contributed by atoms with Gasteiger partial charge in [0, 0.05) is 30.5 Å². The molecule has 1 aliphatic heterocycles. The van der Waals surface area contributed by atoms with Gasteiger partial charge in [-0.2, -0.15) is 9.29 Å². The van der Waals surface area contributed by atoms with Gasteiger partial charge in [-0.05, 0) is 49.8 Å². The van der Waals surface area contributed by atoms with Gasteiger partial charge in [-0.25, -0.2) is 8.42 Å². The molecule has 146 valence electrons. The summed E-state index contributed by atoms with van der Waals surface area (Å²) in [5.74, 6) is 2.27. The summed E-state index contributed by atoms with van der Waals surface area (Å²) in [5.41, 5.74) is 0. The highest BCUT2D eigenvalue weighted by Crippen LogP contribution is 2.38. The number of hydrogen-bond acceptors (Lipinski definition) is 6. The zero-order valence-corrected chi connectivity index (χ0v) is 16.7. The van der Waals surface area contributed by atoms with E-state index in [1.165, 1.54) is 17.5 Å². The van der Waals surface area contributed by atoms with Gasteiger partial charge in [0.25, 0.3) is 0 Å². The summed E-state index contributed by atoms with van der Waals surface area (Å²) in [5, 5.41) is 4.40. The fraction of sp³-hybridized carbons (Fsp3) is 0.556. The second-order valence-corrected chi connectivity index (χ2v) is 9.53. The van der Waals surface area contributed by atoms with Crippen molar-refractivity contribution < 1.29 is 17.7 Å². The normalized spacial score (nSPS) is 21.3. The highest BCUT2D eigenvalue weighted by molar-refractivity contribution is 7.89. The predicted octanol–water partition coefficient (Wildman–Crippen LogP) is 3.25. The van der Waals surface area contributed by atoms with Crippen LogP contribution in [0.5, 0.6) is 5.75 Å². The van der Waals surface area contributed by atoms with Crippen LogP contribution >= 0.6 is 11.6 Å². The number of benzene rings is 1. The highest BCUT2D eigenvalue weighted by atomic mass is 35.5. The molecule has 1 saturated heterocycles. The molecule has 1 aromatic carbocycles. The van der Waals surface area contributed by atoms with Crippen molar-refractivity contribution in [2.24, 2.45) is 5.92 Å². The lowest BCUT2D eigenvalue weighted by Gasteiger charge is -2.31. The van der Waals surface area contributed by atoms with Crippen LogP contribution in [0, 0.1) is 5.92 Å². The first-order chi connectivity index (χ1) is 13.0. The molecule has 2 aliphatic rings. The van der Waals surface area contributed by atoms with Gasteiger partial charge >= 0.3 is 0 Å². The van der Waals surface area contributed by atoms with Crippen LogP contribution in [-0.4, -0.2) is 43.1 Å². The molecule has 1 saturated carbocycles. The minimum absolute atomic E-state index is 0.104. The lowest BCUT2D eigenvalue weighted by atomic mass is 9.96. The molecule has 1 aliphatic carbocycles. The van der Waals surface area contributed by atoms with Gasteiger partial charge in [0.05, 0.1) is 7.11 Å². The molecule has 1 aromatic heterocycles. The van der Waals surface area contributed by atoms with Crippen molar-refractivity contribution in [3.8, 4) is 5.75 Å². The van der Waals surface area contributed by atoms with Crippen molar-refractivity contribution in [1.82, 2.24) is 14.4 Å². The van der Waals surface area contributed by atoms with Gasteiger partial charge in [0.1, 0.15) is 10.6 Å². The zero-order valence-electron chi connectivity index (χ0n) is 15.1. The average molecular weight is 412 g/mol. The summed E-state index contributed by atoms with van der Waals surface area (Å²) in [7, 11) is -2.24. The van der Waals surface area contributed by atoms with E-state index in [1.54, 1.807) is 12.1 Å². The van der Waals surface area contributed by atoms with Crippen molar-refractivity contribution in [3.63, 3.8) is 0 Å².